The minimum atomic E-state index is -1.36. The maximum atomic E-state index is 14.5. The van der Waals surface area contributed by atoms with E-state index in [-0.39, 0.29) is 18.9 Å². The summed E-state index contributed by atoms with van der Waals surface area (Å²) in [6.45, 7) is 0.873. The van der Waals surface area contributed by atoms with Gasteiger partial charge in [-0.1, -0.05) is 94.8 Å². The Morgan fingerprint density at radius 1 is 0.816 bits per heavy atom. The summed E-state index contributed by atoms with van der Waals surface area (Å²) in [5.41, 5.74) is 10.3. The molecule has 0 spiro atoms. The summed E-state index contributed by atoms with van der Waals surface area (Å²) in [4.78, 5) is 19.7. The molecule has 0 bridgehead atoms. The SMILES string of the molecule is COc1ccc(CNNC(=O)[C@@]2(Cc3ccc(Br)cc3)N=C(c3ccc(OCCCO)cc3)O[C@H]2c2ccc(-c3ccccc3)cc2)cc1. The summed E-state index contributed by atoms with van der Waals surface area (Å²) < 4.78 is 18.7. The fraction of sp³-hybridized carbons (Fsp3) is 0.200. The van der Waals surface area contributed by atoms with Crippen LogP contribution in [0.3, 0.4) is 0 Å². The number of aliphatic imine (C=N–C) groups is 1. The van der Waals surface area contributed by atoms with Gasteiger partial charge in [-0.25, -0.2) is 10.4 Å². The highest BCUT2D eigenvalue weighted by atomic mass is 79.9. The second-order valence-corrected chi connectivity index (χ2v) is 12.7. The van der Waals surface area contributed by atoms with Gasteiger partial charge in [-0.3, -0.25) is 10.2 Å². The fourth-order valence-corrected chi connectivity index (χ4v) is 6.02. The molecule has 9 heteroatoms. The quantitative estimate of drug-likeness (QED) is 0.0829. The van der Waals surface area contributed by atoms with Crippen LogP contribution in [0.25, 0.3) is 11.1 Å². The third-order valence-electron chi connectivity index (χ3n) is 8.39. The molecule has 250 valence electrons. The normalized spacial score (nSPS) is 16.8. The number of hydrogen-bond donors (Lipinski definition) is 3. The molecule has 0 aliphatic carbocycles. The molecule has 5 aromatic carbocycles. The molecule has 6 rings (SSSR count). The van der Waals surface area contributed by atoms with E-state index in [1.807, 2.05) is 103 Å². The van der Waals surface area contributed by atoms with Crippen molar-refractivity contribution in [2.24, 2.45) is 4.99 Å². The number of amides is 1. The van der Waals surface area contributed by atoms with Gasteiger partial charge in [0.1, 0.15) is 11.5 Å². The first-order valence-corrected chi connectivity index (χ1v) is 16.9. The summed E-state index contributed by atoms with van der Waals surface area (Å²) in [5, 5.41) is 9.11. The number of rotatable bonds is 14. The van der Waals surface area contributed by atoms with Crippen LogP contribution in [0.4, 0.5) is 0 Å². The highest BCUT2D eigenvalue weighted by Crippen LogP contribution is 2.43. The van der Waals surface area contributed by atoms with E-state index < -0.39 is 11.6 Å². The third-order valence-corrected chi connectivity index (χ3v) is 8.92. The minimum Gasteiger partial charge on any atom is -0.497 e. The lowest BCUT2D eigenvalue weighted by Crippen LogP contribution is -2.53. The monoisotopic (exact) mass is 719 g/mol. The van der Waals surface area contributed by atoms with Crippen LogP contribution in [0.1, 0.15) is 34.8 Å². The number of ether oxygens (including phenoxy) is 3. The number of aliphatic hydroxyl groups is 1. The maximum Gasteiger partial charge on any atom is 0.266 e. The smallest absolute Gasteiger partial charge is 0.266 e. The number of hydrogen-bond acceptors (Lipinski definition) is 7. The predicted octanol–water partition coefficient (Wildman–Crippen LogP) is 7.21. The Balaban J connectivity index is 1.36. The fourth-order valence-electron chi connectivity index (χ4n) is 5.75. The van der Waals surface area contributed by atoms with Crippen molar-refractivity contribution in [3.8, 4) is 22.6 Å². The number of aliphatic hydroxyl groups excluding tert-OH is 1. The lowest BCUT2D eigenvalue weighted by atomic mass is 9.82. The van der Waals surface area contributed by atoms with Crippen molar-refractivity contribution < 1.29 is 24.1 Å². The largest absolute Gasteiger partial charge is 0.497 e. The van der Waals surface area contributed by atoms with E-state index in [1.54, 1.807) is 7.11 Å². The van der Waals surface area contributed by atoms with Crippen molar-refractivity contribution in [3.05, 3.63) is 154 Å². The molecule has 1 aliphatic rings. The van der Waals surface area contributed by atoms with Gasteiger partial charge < -0.3 is 19.3 Å². The molecule has 0 radical (unpaired) electrons. The second kappa shape index (κ2) is 16.0. The molecular weight excluding hydrogens is 682 g/mol. The summed E-state index contributed by atoms with van der Waals surface area (Å²) in [6.07, 6.45) is 0.0923. The van der Waals surface area contributed by atoms with Crippen LogP contribution in [0.15, 0.2) is 137 Å². The van der Waals surface area contributed by atoms with Crippen molar-refractivity contribution in [2.45, 2.75) is 31.0 Å². The first-order chi connectivity index (χ1) is 24.0. The van der Waals surface area contributed by atoms with Gasteiger partial charge >= 0.3 is 0 Å². The molecule has 1 amide bonds. The second-order valence-electron chi connectivity index (χ2n) is 11.7. The van der Waals surface area contributed by atoms with Crippen LogP contribution in [0.5, 0.6) is 11.5 Å². The van der Waals surface area contributed by atoms with E-state index in [9.17, 15) is 4.79 Å². The molecule has 3 N–H and O–H groups in total. The van der Waals surface area contributed by atoms with Crippen molar-refractivity contribution in [1.82, 2.24) is 10.9 Å². The summed E-state index contributed by atoms with van der Waals surface area (Å²) in [6, 6.07) is 41.3. The van der Waals surface area contributed by atoms with E-state index in [1.165, 1.54) is 0 Å². The number of carbonyl (C=O) groups excluding carboxylic acids is 1. The first-order valence-electron chi connectivity index (χ1n) is 16.1. The number of nitrogens with one attached hydrogen (secondary N) is 2. The van der Waals surface area contributed by atoms with Gasteiger partial charge in [-0.15, -0.1) is 0 Å². The molecular formula is C40H38BrN3O5. The molecule has 5 aromatic rings. The Bertz CT molecular complexity index is 1850. The average Bonchev–Trinajstić information content (AvgIpc) is 3.54. The zero-order chi connectivity index (χ0) is 34.1. The van der Waals surface area contributed by atoms with Gasteiger partial charge in [0.2, 0.25) is 5.90 Å². The van der Waals surface area contributed by atoms with Crippen LogP contribution < -0.4 is 20.3 Å². The number of benzene rings is 5. The molecule has 1 aliphatic heterocycles. The van der Waals surface area contributed by atoms with Crippen molar-refractivity contribution >= 4 is 27.7 Å². The number of halogens is 1. The van der Waals surface area contributed by atoms with Crippen molar-refractivity contribution in [1.29, 1.82) is 0 Å². The Morgan fingerprint density at radius 3 is 2.12 bits per heavy atom. The van der Waals surface area contributed by atoms with Gasteiger partial charge in [-0.05, 0) is 76.3 Å². The molecule has 49 heavy (non-hydrogen) atoms. The predicted molar refractivity (Wildman–Crippen MR) is 194 cm³/mol. The van der Waals surface area contributed by atoms with Gasteiger partial charge in [0, 0.05) is 36.0 Å². The molecule has 2 atom stereocenters. The van der Waals surface area contributed by atoms with E-state index in [0.29, 0.717) is 31.2 Å². The van der Waals surface area contributed by atoms with Crippen molar-refractivity contribution in [3.63, 3.8) is 0 Å². The Morgan fingerprint density at radius 2 is 1.45 bits per heavy atom. The molecule has 8 nitrogen and oxygen atoms in total. The molecule has 0 saturated heterocycles. The van der Waals surface area contributed by atoms with E-state index in [2.05, 4.69) is 51.0 Å². The molecule has 0 unspecified atom stereocenters. The summed E-state index contributed by atoms with van der Waals surface area (Å²) >= 11 is 3.53. The number of hydrazine groups is 1. The van der Waals surface area contributed by atoms with Gasteiger partial charge in [0.05, 0.1) is 13.7 Å². The van der Waals surface area contributed by atoms with Crippen LogP contribution >= 0.6 is 15.9 Å². The minimum absolute atomic E-state index is 0.0634. The zero-order valence-electron chi connectivity index (χ0n) is 27.1. The number of nitrogens with zero attached hydrogens (tertiary/aromatic N) is 1. The molecule has 1 heterocycles. The molecule has 0 fully saturated rings. The zero-order valence-corrected chi connectivity index (χ0v) is 28.7. The maximum absolute atomic E-state index is 14.5. The Hall–Kier alpha value is -4.96. The lowest BCUT2D eigenvalue weighted by Gasteiger charge is -2.31. The Kier molecular flexibility index (Phi) is 11.0. The van der Waals surface area contributed by atoms with Crippen LogP contribution in [0, 0.1) is 0 Å². The van der Waals surface area contributed by atoms with Gasteiger partial charge in [-0.2, -0.15) is 0 Å². The first kappa shape index (κ1) is 33.9. The van der Waals surface area contributed by atoms with Crippen LogP contribution in [-0.4, -0.2) is 42.8 Å². The summed E-state index contributed by atoms with van der Waals surface area (Å²) in [5.74, 6) is 1.48. The summed E-state index contributed by atoms with van der Waals surface area (Å²) in [7, 11) is 1.63. The third kappa shape index (κ3) is 8.20. The van der Waals surface area contributed by atoms with E-state index in [4.69, 9.17) is 24.3 Å². The van der Waals surface area contributed by atoms with Gasteiger partial charge in [0.25, 0.3) is 5.91 Å². The highest BCUT2D eigenvalue weighted by molar-refractivity contribution is 9.10. The lowest BCUT2D eigenvalue weighted by molar-refractivity contribution is -0.130. The van der Waals surface area contributed by atoms with Gasteiger partial charge in [0.15, 0.2) is 11.6 Å². The Labute approximate surface area is 294 Å². The number of carbonyl (C=O) groups is 1. The van der Waals surface area contributed by atoms with E-state index >= 15 is 0 Å². The number of methoxy groups -OCH3 is 1. The highest BCUT2D eigenvalue weighted by Gasteiger charge is 2.53. The standard InChI is InChI=1S/C40H38BrN3O5/c1-47-35-20-10-29(11-21-35)27-42-44-39(46)40(26-28-8-18-34(41)19-9-28)37(32-14-12-31(13-15-32)30-6-3-2-4-7-30)49-38(43-40)33-16-22-36(23-17-33)48-25-5-24-45/h2-4,6-23,37,42,45H,5,24-27H2,1H3,(H,44,46)/t37-,40-/m0/s1. The van der Waals surface area contributed by atoms with Crippen molar-refractivity contribution in [2.75, 3.05) is 20.3 Å². The topological polar surface area (TPSA) is 101 Å². The van der Waals surface area contributed by atoms with Crippen LogP contribution in [0.2, 0.25) is 0 Å². The van der Waals surface area contributed by atoms with Crippen LogP contribution in [-0.2, 0) is 22.5 Å². The molecule has 0 aromatic heterocycles. The average molecular weight is 721 g/mol. The molecule has 0 saturated carbocycles. The van der Waals surface area contributed by atoms with E-state index in [0.717, 1.165) is 43.6 Å².